The Bertz CT molecular complexity index is 677. The molecule has 0 bridgehead atoms. The number of benzene rings is 1. The van der Waals surface area contributed by atoms with Crippen LogP contribution < -0.4 is 5.32 Å². The normalized spacial score (nSPS) is 10.7. The Hall–Kier alpha value is -2.56. The summed E-state index contributed by atoms with van der Waals surface area (Å²) in [6.45, 7) is 0. The van der Waals surface area contributed by atoms with Crippen molar-refractivity contribution < 1.29 is 4.79 Å². The van der Waals surface area contributed by atoms with Gasteiger partial charge >= 0.3 is 0 Å². The fraction of sp³-hybridized carbons (Fsp3) is 0.0769. The molecular weight excluding hydrogens is 228 g/mol. The predicted octanol–water partition coefficient (Wildman–Crippen LogP) is 2.15. The minimum Gasteiger partial charge on any atom is -0.351 e. The lowest BCUT2D eigenvalue weighted by molar-refractivity contribution is 0.102. The maximum Gasteiger partial charge on any atom is 0.273 e. The predicted molar refractivity (Wildman–Crippen MR) is 69.5 cm³/mol. The van der Waals surface area contributed by atoms with E-state index >= 15 is 0 Å². The van der Waals surface area contributed by atoms with Crippen LogP contribution >= 0.6 is 0 Å². The molecule has 5 nitrogen and oxygen atoms in total. The van der Waals surface area contributed by atoms with Crippen molar-refractivity contribution in [2.24, 2.45) is 7.05 Å². The molecule has 2 aromatic heterocycles. The van der Waals surface area contributed by atoms with E-state index in [1.165, 1.54) is 0 Å². The van der Waals surface area contributed by atoms with Gasteiger partial charge in [-0.25, -0.2) is 0 Å². The molecule has 0 saturated heterocycles. The molecule has 1 aromatic carbocycles. The average Bonchev–Trinajstić information content (AvgIpc) is 2.96. The van der Waals surface area contributed by atoms with E-state index in [9.17, 15) is 4.79 Å². The molecule has 0 aliphatic rings. The van der Waals surface area contributed by atoms with Gasteiger partial charge < -0.3 is 10.3 Å². The van der Waals surface area contributed by atoms with Gasteiger partial charge in [-0.05, 0) is 12.1 Å². The third-order valence-corrected chi connectivity index (χ3v) is 2.84. The second-order valence-electron chi connectivity index (χ2n) is 4.06. The summed E-state index contributed by atoms with van der Waals surface area (Å²) < 4.78 is 1.61. The van der Waals surface area contributed by atoms with E-state index in [4.69, 9.17) is 0 Å². The smallest absolute Gasteiger partial charge is 0.273 e. The van der Waals surface area contributed by atoms with Crippen molar-refractivity contribution in [2.45, 2.75) is 0 Å². The topological polar surface area (TPSA) is 62.7 Å². The molecule has 2 heterocycles. The quantitative estimate of drug-likeness (QED) is 0.721. The van der Waals surface area contributed by atoms with Crippen molar-refractivity contribution in [3.05, 3.63) is 48.3 Å². The van der Waals surface area contributed by atoms with Gasteiger partial charge in [0.15, 0.2) is 0 Å². The summed E-state index contributed by atoms with van der Waals surface area (Å²) in [6.07, 6.45) is 1.64. The first-order valence-corrected chi connectivity index (χ1v) is 5.61. The number of nitrogens with one attached hydrogen (secondary N) is 2. The first-order chi connectivity index (χ1) is 8.74. The molecule has 3 aromatic rings. The van der Waals surface area contributed by atoms with E-state index in [0.29, 0.717) is 11.5 Å². The van der Waals surface area contributed by atoms with E-state index in [0.717, 1.165) is 10.9 Å². The Labute approximate surface area is 103 Å². The van der Waals surface area contributed by atoms with Crippen molar-refractivity contribution >= 4 is 22.6 Å². The number of fused-ring (bicyclic) bond motifs is 1. The monoisotopic (exact) mass is 240 g/mol. The van der Waals surface area contributed by atoms with E-state index < -0.39 is 0 Å². The first kappa shape index (κ1) is 10.6. The van der Waals surface area contributed by atoms with Crippen LogP contribution in [0.4, 0.5) is 5.82 Å². The summed E-state index contributed by atoms with van der Waals surface area (Å²) in [5.74, 6) is 0.494. The van der Waals surface area contributed by atoms with Crippen LogP contribution in [0.15, 0.2) is 42.6 Å². The molecule has 1 amide bonds. The van der Waals surface area contributed by atoms with Crippen molar-refractivity contribution in [3.8, 4) is 0 Å². The Balaban J connectivity index is 1.90. The molecule has 0 aliphatic carbocycles. The number of H-pyrrole nitrogens is 1. The fourth-order valence-corrected chi connectivity index (χ4v) is 1.88. The number of nitrogens with zero attached hydrogens (tertiary/aromatic N) is 2. The molecule has 0 unspecified atom stereocenters. The number of hydrogen-bond acceptors (Lipinski definition) is 2. The van der Waals surface area contributed by atoms with Crippen LogP contribution in [0.1, 0.15) is 10.5 Å². The number of aryl methyl sites for hydroxylation is 1. The van der Waals surface area contributed by atoms with Crippen LogP contribution in [0.2, 0.25) is 0 Å². The Morgan fingerprint density at radius 2 is 2.17 bits per heavy atom. The summed E-state index contributed by atoms with van der Waals surface area (Å²) in [6, 6.07) is 11.4. The lowest BCUT2D eigenvalue weighted by Crippen LogP contribution is -2.14. The highest BCUT2D eigenvalue weighted by Crippen LogP contribution is 2.15. The molecule has 90 valence electrons. The highest BCUT2D eigenvalue weighted by atomic mass is 16.2. The van der Waals surface area contributed by atoms with Crippen LogP contribution in [0.3, 0.4) is 0 Å². The minimum absolute atomic E-state index is 0.171. The van der Waals surface area contributed by atoms with E-state index in [1.54, 1.807) is 24.0 Å². The van der Waals surface area contributed by atoms with Crippen LogP contribution in [0.5, 0.6) is 0 Å². The van der Waals surface area contributed by atoms with Crippen LogP contribution in [0.25, 0.3) is 10.9 Å². The Morgan fingerprint density at radius 1 is 1.33 bits per heavy atom. The summed E-state index contributed by atoms with van der Waals surface area (Å²) in [4.78, 5) is 15.1. The minimum atomic E-state index is -0.171. The van der Waals surface area contributed by atoms with E-state index in [1.807, 2.05) is 30.3 Å². The number of aromatic nitrogens is 3. The van der Waals surface area contributed by atoms with Gasteiger partial charge in [0.25, 0.3) is 5.91 Å². The van der Waals surface area contributed by atoms with Gasteiger partial charge in [0.1, 0.15) is 11.5 Å². The number of amides is 1. The lowest BCUT2D eigenvalue weighted by atomic mass is 10.2. The maximum absolute atomic E-state index is 12.1. The standard InChI is InChI=1S/C13H12N4O/c1-17-12(6-7-14-17)16-13(18)11-8-9-4-2-3-5-10(9)15-11/h2-8,15H,1H3,(H,16,18). The number of para-hydroxylation sites is 1. The number of anilines is 1. The highest BCUT2D eigenvalue weighted by molar-refractivity contribution is 6.05. The largest absolute Gasteiger partial charge is 0.351 e. The van der Waals surface area contributed by atoms with Gasteiger partial charge in [-0.2, -0.15) is 5.10 Å². The van der Waals surface area contributed by atoms with Crippen molar-refractivity contribution in [1.82, 2.24) is 14.8 Å². The molecule has 0 fully saturated rings. The number of carbonyl (C=O) groups is 1. The SMILES string of the molecule is Cn1nccc1NC(=O)c1cc2ccccc2[nH]1. The molecule has 0 radical (unpaired) electrons. The number of rotatable bonds is 2. The summed E-state index contributed by atoms with van der Waals surface area (Å²) in [5, 5.41) is 7.82. The molecule has 0 aliphatic heterocycles. The van der Waals surface area contributed by atoms with Crippen molar-refractivity contribution in [1.29, 1.82) is 0 Å². The van der Waals surface area contributed by atoms with Gasteiger partial charge in [-0.3, -0.25) is 9.48 Å². The van der Waals surface area contributed by atoms with Crippen molar-refractivity contribution in [3.63, 3.8) is 0 Å². The van der Waals surface area contributed by atoms with Gasteiger partial charge in [0.05, 0.1) is 6.20 Å². The maximum atomic E-state index is 12.1. The Morgan fingerprint density at radius 3 is 2.89 bits per heavy atom. The van der Waals surface area contributed by atoms with Gasteiger partial charge in [-0.1, -0.05) is 18.2 Å². The molecule has 5 heteroatoms. The first-order valence-electron chi connectivity index (χ1n) is 5.61. The van der Waals surface area contributed by atoms with E-state index in [-0.39, 0.29) is 5.91 Å². The molecular formula is C13H12N4O. The number of carbonyl (C=O) groups excluding carboxylic acids is 1. The van der Waals surface area contributed by atoms with Crippen LogP contribution in [0, 0.1) is 0 Å². The third-order valence-electron chi connectivity index (χ3n) is 2.84. The molecule has 0 spiro atoms. The molecule has 2 N–H and O–H groups in total. The molecule has 0 atom stereocenters. The zero-order chi connectivity index (χ0) is 12.5. The Kier molecular flexibility index (Phi) is 2.37. The average molecular weight is 240 g/mol. The van der Waals surface area contributed by atoms with Gasteiger partial charge in [0.2, 0.25) is 0 Å². The third kappa shape index (κ3) is 1.75. The van der Waals surface area contributed by atoms with Crippen LogP contribution in [-0.4, -0.2) is 20.7 Å². The molecule has 3 rings (SSSR count). The number of aromatic amines is 1. The highest BCUT2D eigenvalue weighted by Gasteiger charge is 2.10. The van der Waals surface area contributed by atoms with E-state index in [2.05, 4.69) is 15.4 Å². The lowest BCUT2D eigenvalue weighted by Gasteiger charge is -2.02. The second-order valence-corrected chi connectivity index (χ2v) is 4.06. The molecule has 0 saturated carbocycles. The fourth-order valence-electron chi connectivity index (χ4n) is 1.88. The van der Waals surface area contributed by atoms with Crippen molar-refractivity contribution in [2.75, 3.05) is 5.32 Å². The zero-order valence-corrected chi connectivity index (χ0v) is 9.84. The van der Waals surface area contributed by atoms with Gasteiger partial charge in [0, 0.05) is 24.0 Å². The van der Waals surface area contributed by atoms with Crippen LogP contribution in [-0.2, 0) is 7.05 Å². The molecule has 18 heavy (non-hydrogen) atoms. The second kappa shape index (κ2) is 4.03. The zero-order valence-electron chi connectivity index (χ0n) is 9.84. The summed E-state index contributed by atoms with van der Waals surface area (Å²) in [7, 11) is 1.78. The summed E-state index contributed by atoms with van der Waals surface area (Å²) in [5.41, 5.74) is 1.49. The number of hydrogen-bond donors (Lipinski definition) is 2. The summed E-state index contributed by atoms with van der Waals surface area (Å²) >= 11 is 0. The van der Waals surface area contributed by atoms with Gasteiger partial charge in [-0.15, -0.1) is 0 Å².